The van der Waals surface area contributed by atoms with Crippen LogP contribution >= 0.6 is 23.1 Å². The van der Waals surface area contributed by atoms with Crippen LogP contribution in [0.4, 0.5) is 5.69 Å². The van der Waals surface area contributed by atoms with Crippen LogP contribution in [0.5, 0.6) is 0 Å². The monoisotopic (exact) mass is 446 g/mol. The first-order chi connectivity index (χ1) is 15.1. The Labute approximate surface area is 189 Å². The van der Waals surface area contributed by atoms with Gasteiger partial charge in [0.15, 0.2) is 4.34 Å². The lowest BCUT2D eigenvalue weighted by Crippen LogP contribution is -2.17. The number of hydrogen-bond acceptors (Lipinski definition) is 6. The summed E-state index contributed by atoms with van der Waals surface area (Å²) in [4.78, 5) is 19.0. The lowest BCUT2D eigenvalue weighted by Gasteiger charge is -2.11. The van der Waals surface area contributed by atoms with E-state index in [1.807, 2.05) is 85.7 Å². The van der Waals surface area contributed by atoms with Gasteiger partial charge in [-0.15, -0.1) is 11.3 Å². The largest absolute Gasteiger partial charge is 0.378 e. The van der Waals surface area contributed by atoms with Crippen LogP contribution < -0.4 is 10.3 Å². The number of hydrazone groups is 1. The Morgan fingerprint density at radius 2 is 1.81 bits per heavy atom. The third kappa shape index (κ3) is 5.51. The van der Waals surface area contributed by atoms with E-state index in [1.54, 1.807) is 29.3 Å². The van der Waals surface area contributed by atoms with Crippen molar-refractivity contribution in [2.24, 2.45) is 5.10 Å². The number of hydrogen-bond donors (Lipinski definition) is 1. The Morgan fingerprint density at radius 1 is 1.06 bits per heavy atom. The number of anilines is 1. The first-order valence-electron chi connectivity index (χ1n) is 9.76. The fraction of sp³-hybridized carbons (Fsp3) is 0.125. The summed E-state index contributed by atoms with van der Waals surface area (Å²) in [5, 5.41) is 4.06. The summed E-state index contributed by atoms with van der Waals surface area (Å²) < 4.78 is 2.25. The number of thiazole rings is 1. The number of carbonyl (C=O) groups excluding carboxylic acids is 1. The van der Waals surface area contributed by atoms with Crippen molar-refractivity contribution in [2.45, 2.75) is 10.1 Å². The van der Waals surface area contributed by atoms with E-state index < -0.39 is 0 Å². The van der Waals surface area contributed by atoms with E-state index in [4.69, 9.17) is 0 Å². The van der Waals surface area contributed by atoms with Crippen molar-refractivity contribution < 1.29 is 4.79 Å². The van der Waals surface area contributed by atoms with Gasteiger partial charge in [0.2, 0.25) is 0 Å². The second-order valence-corrected chi connectivity index (χ2v) is 9.37. The molecular formula is C24H22N4OS2. The summed E-state index contributed by atoms with van der Waals surface area (Å²) in [6.07, 6.45) is 1.64. The van der Waals surface area contributed by atoms with Gasteiger partial charge in [0, 0.05) is 31.1 Å². The van der Waals surface area contributed by atoms with Crippen molar-refractivity contribution in [1.82, 2.24) is 10.4 Å². The lowest BCUT2D eigenvalue weighted by molar-refractivity contribution is 0.0955. The molecule has 7 heteroatoms. The van der Waals surface area contributed by atoms with Crippen LogP contribution in [-0.2, 0) is 5.75 Å². The minimum absolute atomic E-state index is 0.230. The van der Waals surface area contributed by atoms with Gasteiger partial charge < -0.3 is 4.90 Å². The third-order valence-corrected chi connectivity index (χ3v) is 6.89. The molecule has 0 spiro atoms. The van der Waals surface area contributed by atoms with Crippen molar-refractivity contribution in [3.05, 3.63) is 89.5 Å². The molecule has 31 heavy (non-hydrogen) atoms. The molecule has 0 aliphatic heterocycles. The van der Waals surface area contributed by atoms with Crippen LogP contribution in [-0.4, -0.2) is 31.2 Å². The number of rotatable bonds is 7. The molecule has 0 unspecified atom stereocenters. The number of nitrogens with one attached hydrogen (secondary N) is 1. The van der Waals surface area contributed by atoms with Crippen LogP contribution in [0.1, 0.15) is 21.5 Å². The molecule has 4 aromatic rings. The summed E-state index contributed by atoms with van der Waals surface area (Å²) in [5.41, 5.74) is 7.38. The zero-order valence-corrected chi connectivity index (χ0v) is 18.9. The van der Waals surface area contributed by atoms with E-state index in [2.05, 4.69) is 21.6 Å². The van der Waals surface area contributed by atoms with Gasteiger partial charge in [-0.3, -0.25) is 4.79 Å². The number of aromatic nitrogens is 1. The smallest absolute Gasteiger partial charge is 0.271 e. The van der Waals surface area contributed by atoms with Crippen molar-refractivity contribution in [3.8, 4) is 0 Å². The third-order valence-electron chi connectivity index (χ3n) is 4.64. The molecule has 0 saturated carbocycles. The van der Waals surface area contributed by atoms with E-state index in [0.717, 1.165) is 32.4 Å². The zero-order chi connectivity index (χ0) is 21.6. The van der Waals surface area contributed by atoms with Gasteiger partial charge in [0.1, 0.15) is 0 Å². The number of amides is 1. The first-order valence-corrected chi connectivity index (χ1v) is 11.6. The molecule has 0 saturated heterocycles. The SMILES string of the molecule is CN(C)c1ccc(C=NNC(=O)c2ccc(CSc3nc4ccccc4s3)cc2)cc1. The summed E-state index contributed by atoms with van der Waals surface area (Å²) in [5.74, 6) is 0.578. The standard InChI is InChI=1S/C24H22N4OS2/c1-28(2)20-13-9-17(10-14-20)15-25-27-23(29)19-11-7-18(8-12-19)16-30-24-26-21-5-3-4-6-22(21)31-24/h3-15H,16H2,1-2H3,(H,27,29). The van der Waals surface area contributed by atoms with Crippen LogP contribution in [0.2, 0.25) is 0 Å². The normalized spacial score (nSPS) is 11.2. The molecule has 1 heterocycles. The highest BCUT2D eigenvalue weighted by atomic mass is 32.2. The topological polar surface area (TPSA) is 57.6 Å². The summed E-state index contributed by atoms with van der Waals surface area (Å²) >= 11 is 3.41. The molecule has 0 atom stereocenters. The van der Waals surface area contributed by atoms with Gasteiger partial charge in [-0.1, -0.05) is 48.2 Å². The molecule has 0 radical (unpaired) electrons. The average molecular weight is 447 g/mol. The number of nitrogens with zero attached hydrogens (tertiary/aromatic N) is 3. The van der Waals surface area contributed by atoms with E-state index in [-0.39, 0.29) is 5.91 Å². The van der Waals surface area contributed by atoms with Gasteiger partial charge in [0.05, 0.1) is 16.4 Å². The van der Waals surface area contributed by atoms with Gasteiger partial charge in [-0.25, -0.2) is 10.4 Å². The second kappa shape index (κ2) is 9.76. The summed E-state index contributed by atoms with van der Waals surface area (Å²) in [7, 11) is 3.99. The fourth-order valence-electron chi connectivity index (χ4n) is 2.90. The summed E-state index contributed by atoms with van der Waals surface area (Å²) in [6, 6.07) is 23.7. The number of para-hydroxylation sites is 1. The molecule has 0 aliphatic rings. The first kappa shape index (κ1) is 21.1. The minimum atomic E-state index is -0.230. The lowest BCUT2D eigenvalue weighted by atomic mass is 10.1. The number of carbonyl (C=O) groups is 1. The van der Waals surface area contributed by atoms with E-state index in [1.165, 1.54) is 4.70 Å². The molecule has 5 nitrogen and oxygen atoms in total. The number of fused-ring (bicyclic) bond motifs is 1. The maximum absolute atomic E-state index is 12.3. The number of benzene rings is 3. The van der Waals surface area contributed by atoms with Gasteiger partial charge >= 0.3 is 0 Å². The Balaban J connectivity index is 1.30. The predicted molar refractivity (Wildman–Crippen MR) is 131 cm³/mol. The van der Waals surface area contributed by atoms with E-state index >= 15 is 0 Å². The zero-order valence-electron chi connectivity index (χ0n) is 17.3. The Morgan fingerprint density at radius 3 is 2.52 bits per heavy atom. The molecular weight excluding hydrogens is 424 g/mol. The van der Waals surface area contributed by atoms with Crippen molar-refractivity contribution in [3.63, 3.8) is 0 Å². The molecule has 0 fully saturated rings. The Kier molecular flexibility index (Phi) is 6.64. The van der Waals surface area contributed by atoms with E-state index in [0.29, 0.717) is 5.56 Å². The van der Waals surface area contributed by atoms with Crippen LogP contribution in [0.15, 0.2) is 82.2 Å². The van der Waals surface area contributed by atoms with E-state index in [9.17, 15) is 4.79 Å². The van der Waals surface area contributed by atoms with Crippen molar-refractivity contribution in [1.29, 1.82) is 0 Å². The quantitative estimate of drug-likeness (QED) is 0.234. The highest BCUT2D eigenvalue weighted by Crippen LogP contribution is 2.31. The molecule has 3 aromatic carbocycles. The molecule has 4 rings (SSSR count). The maximum atomic E-state index is 12.3. The van der Waals surface area contributed by atoms with Crippen LogP contribution in [0, 0.1) is 0 Å². The van der Waals surface area contributed by atoms with Crippen molar-refractivity contribution >= 4 is 51.1 Å². The molecule has 0 bridgehead atoms. The highest BCUT2D eigenvalue weighted by molar-refractivity contribution is 8.00. The van der Waals surface area contributed by atoms with Gasteiger partial charge in [-0.05, 0) is 47.5 Å². The van der Waals surface area contributed by atoms with Gasteiger partial charge in [-0.2, -0.15) is 5.10 Å². The fourth-order valence-corrected chi connectivity index (χ4v) is 4.92. The summed E-state index contributed by atoms with van der Waals surface area (Å²) in [6.45, 7) is 0. The maximum Gasteiger partial charge on any atom is 0.271 e. The van der Waals surface area contributed by atoms with Crippen molar-refractivity contribution in [2.75, 3.05) is 19.0 Å². The average Bonchev–Trinajstić information content (AvgIpc) is 3.21. The second-order valence-electron chi connectivity index (χ2n) is 7.12. The predicted octanol–water partition coefficient (Wildman–Crippen LogP) is 5.42. The molecule has 1 aromatic heterocycles. The van der Waals surface area contributed by atoms with Crippen LogP contribution in [0.3, 0.4) is 0 Å². The van der Waals surface area contributed by atoms with Crippen LogP contribution in [0.25, 0.3) is 10.2 Å². The molecule has 0 aliphatic carbocycles. The Hall–Kier alpha value is -3.16. The molecule has 156 valence electrons. The highest BCUT2D eigenvalue weighted by Gasteiger charge is 2.07. The minimum Gasteiger partial charge on any atom is -0.378 e. The molecule has 1 amide bonds. The Bertz CT molecular complexity index is 1170. The number of thioether (sulfide) groups is 1. The molecule has 1 N–H and O–H groups in total. The van der Waals surface area contributed by atoms with Gasteiger partial charge in [0.25, 0.3) is 5.91 Å².